The molecule has 186 valence electrons. The molecule has 3 aromatic heterocycles. The highest BCUT2D eigenvalue weighted by molar-refractivity contribution is 5.70. The zero-order valence-corrected chi connectivity index (χ0v) is 20.4. The van der Waals surface area contributed by atoms with E-state index < -0.39 is 0 Å². The van der Waals surface area contributed by atoms with Gasteiger partial charge in [0.2, 0.25) is 5.95 Å². The minimum absolute atomic E-state index is 0.463. The highest BCUT2D eigenvalue weighted by atomic mass is 16.5. The summed E-state index contributed by atoms with van der Waals surface area (Å²) >= 11 is 0. The number of anilines is 3. The fourth-order valence-corrected chi connectivity index (χ4v) is 4.25. The first-order chi connectivity index (χ1) is 18.7. The largest absolute Gasteiger partial charge is 0.378 e. The zero-order chi connectivity index (χ0) is 25.7. The van der Waals surface area contributed by atoms with E-state index in [0.717, 1.165) is 47.0 Å². The minimum Gasteiger partial charge on any atom is -0.378 e. The van der Waals surface area contributed by atoms with Crippen molar-refractivity contribution in [1.29, 1.82) is 5.26 Å². The van der Waals surface area contributed by atoms with Gasteiger partial charge < -0.3 is 15.0 Å². The van der Waals surface area contributed by atoms with Crippen LogP contribution in [-0.4, -0.2) is 56.0 Å². The third kappa shape index (κ3) is 5.04. The van der Waals surface area contributed by atoms with Crippen molar-refractivity contribution in [2.24, 2.45) is 0 Å². The van der Waals surface area contributed by atoms with Gasteiger partial charge in [-0.15, -0.1) is 5.10 Å². The number of morpholine rings is 1. The number of nitriles is 1. The van der Waals surface area contributed by atoms with Gasteiger partial charge in [-0.3, -0.25) is 4.98 Å². The summed E-state index contributed by atoms with van der Waals surface area (Å²) in [5.74, 6) is 1.08. The average molecular weight is 502 g/mol. The number of nitrogens with one attached hydrogen (secondary N) is 1. The fourth-order valence-electron chi connectivity index (χ4n) is 4.25. The van der Waals surface area contributed by atoms with E-state index in [9.17, 15) is 5.26 Å². The van der Waals surface area contributed by atoms with Crippen LogP contribution >= 0.6 is 0 Å². The minimum atomic E-state index is 0.463. The second kappa shape index (κ2) is 10.5. The van der Waals surface area contributed by atoms with Crippen molar-refractivity contribution in [2.75, 3.05) is 36.5 Å². The van der Waals surface area contributed by atoms with Gasteiger partial charge in [-0.05, 0) is 60.7 Å². The van der Waals surface area contributed by atoms with E-state index in [2.05, 4.69) is 42.4 Å². The molecule has 1 fully saturated rings. The lowest BCUT2D eigenvalue weighted by Gasteiger charge is -2.29. The molecule has 1 aliphatic rings. The fraction of sp³-hybridized carbons (Fsp3) is 0.143. The lowest BCUT2D eigenvalue weighted by molar-refractivity contribution is 0.122. The van der Waals surface area contributed by atoms with Crippen LogP contribution in [0.4, 0.5) is 17.3 Å². The number of benzene rings is 2. The van der Waals surface area contributed by atoms with Crippen molar-refractivity contribution in [1.82, 2.24) is 29.7 Å². The topological polar surface area (TPSA) is 118 Å². The Morgan fingerprint density at radius 2 is 1.76 bits per heavy atom. The molecule has 0 aliphatic carbocycles. The Kier molecular flexibility index (Phi) is 6.41. The number of nitrogens with zero attached hydrogens (tertiary/aromatic N) is 8. The maximum atomic E-state index is 9.59. The SMILES string of the molecule is N#Cc1cc(-c2ccnc(Nc3ccc(-n4cnc(-c5cccnc5)n4)cc3)n2)cc(N2CCOCC2)c1. The van der Waals surface area contributed by atoms with Crippen molar-refractivity contribution < 1.29 is 4.74 Å². The number of rotatable bonds is 6. The average Bonchev–Trinajstić information content (AvgIpc) is 3.49. The van der Waals surface area contributed by atoms with Crippen LogP contribution in [0.15, 0.2) is 85.6 Å². The summed E-state index contributed by atoms with van der Waals surface area (Å²) in [6.45, 7) is 2.94. The highest BCUT2D eigenvalue weighted by Gasteiger charge is 2.14. The van der Waals surface area contributed by atoms with Gasteiger partial charge in [0.15, 0.2) is 5.82 Å². The zero-order valence-electron chi connectivity index (χ0n) is 20.4. The predicted octanol–water partition coefficient (Wildman–Crippen LogP) is 4.24. The van der Waals surface area contributed by atoms with E-state index in [0.29, 0.717) is 30.5 Å². The summed E-state index contributed by atoms with van der Waals surface area (Å²) in [6, 6.07) is 21.5. The van der Waals surface area contributed by atoms with Crippen molar-refractivity contribution in [3.8, 4) is 34.4 Å². The Balaban J connectivity index is 1.20. The molecule has 38 heavy (non-hydrogen) atoms. The summed E-state index contributed by atoms with van der Waals surface area (Å²) in [5.41, 5.74) is 5.74. The summed E-state index contributed by atoms with van der Waals surface area (Å²) in [4.78, 5) is 19.8. The summed E-state index contributed by atoms with van der Waals surface area (Å²) in [7, 11) is 0. The predicted molar refractivity (Wildman–Crippen MR) is 143 cm³/mol. The standard InChI is InChI=1S/C28H23N9O/c29-17-20-14-22(16-25(15-20)36-10-12-38-13-11-36)26-7-9-31-28(34-26)33-23-3-5-24(6-4-23)37-19-32-27(35-37)21-2-1-8-30-18-21/h1-9,14-16,18-19H,10-13H2,(H,31,33,34). The molecular weight excluding hydrogens is 478 g/mol. The molecule has 2 aromatic carbocycles. The van der Waals surface area contributed by atoms with Crippen LogP contribution in [0.1, 0.15) is 5.56 Å². The van der Waals surface area contributed by atoms with Crippen LogP contribution in [0.2, 0.25) is 0 Å². The van der Waals surface area contributed by atoms with Crippen molar-refractivity contribution >= 4 is 17.3 Å². The Morgan fingerprint density at radius 3 is 2.55 bits per heavy atom. The smallest absolute Gasteiger partial charge is 0.227 e. The van der Waals surface area contributed by atoms with Crippen LogP contribution in [0.5, 0.6) is 0 Å². The number of aromatic nitrogens is 6. The van der Waals surface area contributed by atoms with E-state index in [1.807, 2.05) is 54.6 Å². The molecule has 1 saturated heterocycles. The number of hydrogen-bond donors (Lipinski definition) is 1. The second-order valence-electron chi connectivity index (χ2n) is 8.67. The molecule has 0 amide bonds. The van der Waals surface area contributed by atoms with E-state index in [-0.39, 0.29) is 0 Å². The van der Waals surface area contributed by atoms with Crippen LogP contribution in [0.3, 0.4) is 0 Å². The molecule has 10 heteroatoms. The van der Waals surface area contributed by atoms with Gasteiger partial charge in [0.25, 0.3) is 0 Å². The van der Waals surface area contributed by atoms with Gasteiger partial charge in [0, 0.05) is 54.2 Å². The summed E-state index contributed by atoms with van der Waals surface area (Å²) < 4.78 is 7.19. The van der Waals surface area contributed by atoms with Crippen molar-refractivity contribution in [3.05, 3.63) is 91.1 Å². The molecule has 6 rings (SSSR count). The summed E-state index contributed by atoms with van der Waals surface area (Å²) in [6.07, 6.45) is 6.85. The van der Waals surface area contributed by atoms with Gasteiger partial charge in [0.1, 0.15) is 6.33 Å². The third-order valence-corrected chi connectivity index (χ3v) is 6.17. The Morgan fingerprint density at radius 1 is 0.895 bits per heavy atom. The van der Waals surface area contributed by atoms with Crippen LogP contribution in [0, 0.1) is 11.3 Å². The monoisotopic (exact) mass is 501 g/mol. The lowest BCUT2D eigenvalue weighted by atomic mass is 10.1. The first-order valence-electron chi connectivity index (χ1n) is 12.2. The molecule has 1 N–H and O–H groups in total. The number of pyridine rings is 1. The Hall–Kier alpha value is -5.14. The second-order valence-corrected chi connectivity index (χ2v) is 8.67. The van der Waals surface area contributed by atoms with Crippen LogP contribution in [0.25, 0.3) is 28.3 Å². The number of ether oxygens (including phenoxy) is 1. The van der Waals surface area contributed by atoms with Crippen molar-refractivity contribution in [2.45, 2.75) is 0 Å². The van der Waals surface area contributed by atoms with E-state index in [1.54, 1.807) is 29.6 Å². The van der Waals surface area contributed by atoms with Crippen LogP contribution < -0.4 is 10.2 Å². The first-order valence-corrected chi connectivity index (χ1v) is 12.2. The molecular formula is C28H23N9O. The molecule has 4 heterocycles. The lowest BCUT2D eigenvalue weighted by Crippen LogP contribution is -2.36. The van der Waals surface area contributed by atoms with Crippen LogP contribution in [-0.2, 0) is 4.74 Å². The molecule has 0 atom stereocenters. The Labute approximate surface area is 219 Å². The van der Waals surface area contributed by atoms with E-state index in [1.165, 1.54) is 0 Å². The first kappa shape index (κ1) is 23.3. The van der Waals surface area contributed by atoms with E-state index >= 15 is 0 Å². The van der Waals surface area contributed by atoms with Gasteiger partial charge in [-0.2, -0.15) is 5.26 Å². The number of hydrogen-bond acceptors (Lipinski definition) is 9. The molecule has 5 aromatic rings. The third-order valence-electron chi connectivity index (χ3n) is 6.17. The maximum Gasteiger partial charge on any atom is 0.227 e. The van der Waals surface area contributed by atoms with Gasteiger partial charge in [-0.1, -0.05) is 0 Å². The molecule has 0 unspecified atom stereocenters. The van der Waals surface area contributed by atoms with Gasteiger partial charge >= 0.3 is 0 Å². The molecule has 0 radical (unpaired) electrons. The quantitative estimate of drug-likeness (QED) is 0.364. The molecule has 1 aliphatic heterocycles. The molecule has 0 bridgehead atoms. The maximum absolute atomic E-state index is 9.59. The normalized spacial score (nSPS) is 13.2. The van der Waals surface area contributed by atoms with Crippen molar-refractivity contribution in [3.63, 3.8) is 0 Å². The van der Waals surface area contributed by atoms with Gasteiger partial charge in [0.05, 0.1) is 36.2 Å². The van der Waals surface area contributed by atoms with Gasteiger partial charge in [-0.25, -0.2) is 19.6 Å². The molecule has 0 saturated carbocycles. The highest BCUT2D eigenvalue weighted by Crippen LogP contribution is 2.27. The van der Waals surface area contributed by atoms with E-state index in [4.69, 9.17) is 9.72 Å². The Bertz CT molecular complexity index is 1590. The molecule has 0 spiro atoms. The summed E-state index contributed by atoms with van der Waals surface area (Å²) in [5, 5.41) is 17.4. The molecule has 10 nitrogen and oxygen atoms in total.